The lowest BCUT2D eigenvalue weighted by Crippen LogP contribution is -2.47. The van der Waals surface area contributed by atoms with Crippen LogP contribution in [0.5, 0.6) is 5.75 Å². The molecule has 0 radical (unpaired) electrons. The molecule has 2 aromatic rings. The molecule has 2 aliphatic carbocycles. The first-order valence-corrected chi connectivity index (χ1v) is 12.9. The highest BCUT2D eigenvalue weighted by molar-refractivity contribution is 7.18. The Labute approximate surface area is 198 Å². The Morgan fingerprint density at radius 3 is 2.21 bits per heavy atom. The van der Waals surface area contributed by atoms with Crippen LogP contribution in [-0.4, -0.2) is 39.3 Å². The molecule has 7 heteroatoms. The molecule has 33 heavy (non-hydrogen) atoms. The second-order valence-corrected chi connectivity index (χ2v) is 10.5. The van der Waals surface area contributed by atoms with Gasteiger partial charge in [0.1, 0.15) is 10.6 Å². The number of carboxylic acids is 1. The van der Waals surface area contributed by atoms with Crippen LogP contribution in [0.25, 0.3) is 10.4 Å². The molecule has 1 aromatic carbocycles. The number of hydrogen-bond acceptors (Lipinski definition) is 5. The summed E-state index contributed by atoms with van der Waals surface area (Å²) >= 11 is 1.16. The fraction of sp³-hybridized carbons (Fsp3) is 0.538. The average molecular weight is 472 g/mol. The van der Waals surface area contributed by atoms with Gasteiger partial charge in [0.05, 0.1) is 11.8 Å². The Morgan fingerprint density at radius 2 is 1.64 bits per heavy atom. The van der Waals surface area contributed by atoms with Gasteiger partial charge in [-0.2, -0.15) is 0 Å². The number of carbonyl (C=O) groups is 2. The first-order valence-electron chi connectivity index (χ1n) is 12.0. The molecule has 2 aliphatic rings. The summed E-state index contributed by atoms with van der Waals surface area (Å²) < 4.78 is 0. The third kappa shape index (κ3) is 5.25. The molecular formula is C26H33NO5S. The molecule has 2 saturated carbocycles. The highest BCUT2D eigenvalue weighted by Crippen LogP contribution is 2.42. The lowest BCUT2D eigenvalue weighted by atomic mass is 9.79. The Kier molecular flexibility index (Phi) is 7.39. The molecular weight excluding hydrogens is 438 g/mol. The minimum atomic E-state index is -1.04. The first kappa shape index (κ1) is 23.8. The van der Waals surface area contributed by atoms with Crippen molar-refractivity contribution < 1.29 is 24.9 Å². The predicted molar refractivity (Wildman–Crippen MR) is 130 cm³/mol. The number of benzene rings is 1. The maximum atomic E-state index is 13.9. The number of amides is 1. The average Bonchev–Trinajstić information content (AvgIpc) is 3.26. The molecule has 0 saturated heterocycles. The van der Waals surface area contributed by atoms with Gasteiger partial charge in [0.15, 0.2) is 0 Å². The van der Waals surface area contributed by atoms with Gasteiger partial charge in [-0.05, 0) is 93.2 Å². The molecule has 0 bridgehead atoms. The third-order valence-electron chi connectivity index (χ3n) is 7.36. The highest BCUT2D eigenvalue weighted by Gasteiger charge is 2.37. The number of carbonyl (C=O) groups excluding carboxylic acids is 1. The summed E-state index contributed by atoms with van der Waals surface area (Å²) in [6.07, 6.45) is 7.13. The second-order valence-electron chi connectivity index (χ2n) is 9.47. The van der Waals surface area contributed by atoms with E-state index in [9.17, 15) is 24.9 Å². The van der Waals surface area contributed by atoms with Gasteiger partial charge in [-0.1, -0.05) is 13.3 Å². The molecule has 0 unspecified atom stereocenters. The van der Waals surface area contributed by atoms with Crippen LogP contribution in [0.2, 0.25) is 0 Å². The van der Waals surface area contributed by atoms with Crippen LogP contribution in [0.15, 0.2) is 30.3 Å². The van der Waals surface area contributed by atoms with Gasteiger partial charge in [-0.3, -0.25) is 4.79 Å². The van der Waals surface area contributed by atoms with Gasteiger partial charge in [0.2, 0.25) is 5.91 Å². The molecule has 178 valence electrons. The van der Waals surface area contributed by atoms with Crippen molar-refractivity contribution in [2.45, 2.75) is 76.9 Å². The number of hydrogen-bond donors (Lipinski definition) is 3. The van der Waals surface area contributed by atoms with Crippen molar-refractivity contribution >= 4 is 28.9 Å². The Balaban J connectivity index is 1.71. The van der Waals surface area contributed by atoms with E-state index in [0.717, 1.165) is 53.9 Å². The van der Waals surface area contributed by atoms with Gasteiger partial charge in [-0.25, -0.2) is 4.79 Å². The molecule has 1 aromatic heterocycles. The van der Waals surface area contributed by atoms with Crippen LogP contribution < -0.4 is 4.90 Å². The molecule has 0 aliphatic heterocycles. The van der Waals surface area contributed by atoms with Gasteiger partial charge >= 0.3 is 5.97 Å². The van der Waals surface area contributed by atoms with Gasteiger partial charge in [0, 0.05) is 16.8 Å². The van der Waals surface area contributed by atoms with Crippen molar-refractivity contribution in [2.75, 3.05) is 4.90 Å². The lowest BCUT2D eigenvalue weighted by Gasteiger charge is -2.39. The number of aromatic hydroxyl groups is 1. The fourth-order valence-electron chi connectivity index (χ4n) is 5.31. The van der Waals surface area contributed by atoms with Crippen molar-refractivity contribution in [3.8, 4) is 16.2 Å². The predicted octanol–water partition coefficient (Wildman–Crippen LogP) is 5.67. The Morgan fingerprint density at radius 1 is 1.00 bits per heavy atom. The number of anilines is 1. The van der Waals surface area contributed by atoms with Crippen LogP contribution >= 0.6 is 11.3 Å². The number of thiophene rings is 1. The summed E-state index contributed by atoms with van der Waals surface area (Å²) in [7, 11) is 0. The van der Waals surface area contributed by atoms with Gasteiger partial charge in [0.25, 0.3) is 0 Å². The lowest BCUT2D eigenvalue weighted by molar-refractivity contribution is -0.124. The molecule has 2 fully saturated rings. The van der Waals surface area contributed by atoms with Gasteiger partial charge in [-0.15, -0.1) is 11.3 Å². The zero-order valence-corrected chi connectivity index (χ0v) is 19.9. The van der Waals surface area contributed by atoms with Crippen molar-refractivity contribution in [3.05, 3.63) is 35.2 Å². The van der Waals surface area contributed by atoms with Crippen molar-refractivity contribution in [1.29, 1.82) is 0 Å². The minimum absolute atomic E-state index is 0.0310. The van der Waals surface area contributed by atoms with E-state index < -0.39 is 5.97 Å². The molecule has 1 amide bonds. The SMILES string of the molecule is CCC1CCC(C(=O)N(c2cc(-c3ccc(O)cc3)sc2C(=O)O)C2CCC(O)CC2)CC1. The molecule has 1 heterocycles. The normalized spacial score (nSPS) is 25.5. The maximum Gasteiger partial charge on any atom is 0.348 e. The van der Waals surface area contributed by atoms with Crippen molar-refractivity contribution in [1.82, 2.24) is 0 Å². The number of nitrogens with zero attached hydrogens (tertiary/aromatic N) is 1. The summed E-state index contributed by atoms with van der Waals surface area (Å²) in [5, 5.41) is 29.7. The summed E-state index contributed by atoms with van der Waals surface area (Å²) in [5.74, 6) is -0.274. The smallest absolute Gasteiger partial charge is 0.348 e. The second kappa shape index (κ2) is 10.3. The van der Waals surface area contributed by atoms with E-state index in [1.807, 2.05) is 6.07 Å². The largest absolute Gasteiger partial charge is 0.508 e. The number of phenols is 1. The monoisotopic (exact) mass is 471 g/mol. The highest BCUT2D eigenvalue weighted by atomic mass is 32.1. The van der Waals surface area contributed by atoms with E-state index in [1.54, 1.807) is 29.2 Å². The van der Waals surface area contributed by atoms with Crippen LogP contribution in [-0.2, 0) is 4.79 Å². The van der Waals surface area contributed by atoms with Crippen LogP contribution in [0.1, 0.15) is 74.4 Å². The zero-order chi connectivity index (χ0) is 23.5. The van der Waals surface area contributed by atoms with E-state index in [4.69, 9.17) is 0 Å². The maximum absolute atomic E-state index is 13.9. The molecule has 6 nitrogen and oxygen atoms in total. The number of aliphatic hydroxyl groups is 1. The van der Waals surface area contributed by atoms with E-state index in [-0.39, 0.29) is 34.6 Å². The standard InChI is InChI=1S/C26H33NO5S/c1-2-16-3-5-18(6-4-16)25(30)27(19-9-13-21(29)14-10-19)22-15-23(33-24(22)26(31)32)17-7-11-20(28)12-8-17/h7-8,11-12,15-16,18-19,21,28-29H,2-6,9-10,13-14H2,1H3,(H,31,32). The summed E-state index contributed by atoms with van der Waals surface area (Å²) in [4.78, 5) is 28.8. The van der Waals surface area contributed by atoms with Crippen molar-refractivity contribution in [3.63, 3.8) is 0 Å². The summed E-state index contributed by atoms with van der Waals surface area (Å²) in [5.41, 5.74) is 1.28. The van der Waals surface area contributed by atoms with E-state index in [2.05, 4.69) is 6.92 Å². The summed E-state index contributed by atoms with van der Waals surface area (Å²) in [6.45, 7) is 2.20. The van der Waals surface area contributed by atoms with Crippen LogP contribution in [0.3, 0.4) is 0 Å². The molecule has 0 atom stereocenters. The zero-order valence-electron chi connectivity index (χ0n) is 19.1. The molecule has 4 rings (SSSR count). The number of rotatable bonds is 6. The third-order valence-corrected chi connectivity index (χ3v) is 8.52. The Hall–Kier alpha value is -2.38. The first-order chi connectivity index (χ1) is 15.9. The number of phenolic OH excluding ortho intramolecular Hbond substituents is 1. The number of carboxylic acid groups (broad SMARTS) is 1. The van der Waals surface area contributed by atoms with E-state index in [0.29, 0.717) is 37.3 Å². The van der Waals surface area contributed by atoms with E-state index >= 15 is 0 Å². The molecule has 3 N–H and O–H groups in total. The molecule has 0 spiro atoms. The van der Waals surface area contributed by atoms with Crippen LogP contribution in [0.4, 0.5) is 5.69 Å². The topological polar surface area (TPSA) is 98.1 Å². The van der Waals surface area contributed by atoms with Gasteiger partial charge < -0.3 is 20.2 Å². The minimum Gasteiger partial charge on any atom is -0.508 e. The van der Waals surface area contributed by atoms with Crippen LogP contribution in [0, 0.1) is 11.8 Å². The fourth-order valence-corrected chi connectivity index (χ4v) is 6.30. The number of aliphatic hydroxyl groups excluding tert-OH is 1. The Bertz CT molecular complexity index is 969. The number of aromatic carboxylic acids is 1. The summed E-state index contributed by atoms with van der Waals surface area (Å²) in [6, 6.07) is 8.38. The quantitative estimate of drug-likeness (QED) is 0.504. The van der Waals surface area contributed by atoms with Crippen molar-refractivity contribution in [2.24, 2.45) is 11.8 Å². The van der Waals surface area contributed by atoms with E-state index in [1.165, 1.54) is 0 Å².